The van der Waals surface area contributed by atoms with Crippen molar-refractivity contribution in [2.75, 3.05) is 6.61 Å². The molecule has 0 saturated heterocycles. The van der Waals surface area contributed by atoms with Gasteiger partial charge in [-0.05, 0) is 35.4 Å². The highest BCUT2D eigenvalue weighted by atomic mass is 32.2. The summed E-state index contributed by atoms with van der Waals surface area (Å²) in [7, 11) is -3.79. The Morgan fingerprint density at radius 3 is 1.64 bits per heavy atom. The van der Waals surface area contributed by atoms with E-state index in [-0.39, 0.29) is 23.5 Å². The Hall–Kier alpha value is -2.80. The van der Waals surface area contributed by atoms with Crippen LogP contribution in [0.15, 0.2) is 89.8 Å². The molecule has 0 unspecified atom stereocenters. The summed E-state index contributed by atoms with van der Waals surface area (Å²) in [5, 5.41) is 8.96. The van der Waals surface area contributed by atoms with Crippen molar-refractivity contribution in [3.8, 4) is 0 Å². The standard InChI is InChI=1S/C22H21NO4S/c24-17-22(25)20-11-13-21(14-12-20)28(26,27)23(15-18-7-3-1-4-8-18)16-19-9-5-2-6-10-19/h1-14,24H,15-17H2. The van der Waals surface area contributed by atoms with Gasteiger partial charge in [0.1, 0.15) is 6.61 Å². The molecule has 0 fully saturated rings. The molecule has 0 radical (unpaired) electrons. The van der Waals surface area contributed by atoms with E-state index < -0.39 is 22.4 Å². The molecule has 0 spiro atoms. The molecule has 0 heterocycles. The highest BCUT2D eigenvalue weighted by molar-refractivity contribution is 7.89. The first-order chi connectivity index (χ1) is 13.5. The number of nitrogens with zero attached hydrogens (tertiary/aromatic N) is 1. The zero-order valence-electron chi connectivity index (χ0n) is 15.2. The van der Waals surface area contributed by atoms with Crippen LogP contribution >= 0.6 is 0 Å². The fraction of sp³-hybridized carbons (Fsp3) is 0.136. The number of benzene rings is 3. The fourth-order valence-corrected chi connectivity index (χ4v) is 4.27. The minimum Gasteiger partial charge on any atom is -0.388 e. The Bertz CT molecular complexity index is 976. The lowest BCUT2D eigenvalue weighted by molar-refractivity contribution is 0.0903. The van der Waals surface area contributed by atoms with E-state index in [9.17, 15) is 13.2 Å². The van der Waals surface area contributed by atoms with E-state index in [2.05, 4.69) is 0 Å². The molecule has 3 aromatic rings. The zero-order chi connectivity index (χ0) is 20.0. The topological polar surface area (TPSA) is 74.7 Å². The lowest BCUT2D eigenvalue weighted by Gasteiger charge is -2.23. The molecular formula is C22H21NO4S. The van der Waals surface area contributed by atoms with Gasteiger partial charge in [-0.25, -0.2) is 8.42 Å². The average Bonchev–Trinajstić information content (AvgIpc) is 2.74. The van der Waals surface area contributed by atoms with Gasteiger partial charge in [-0.3, -0.25) is 4.79 Å². The van der Waals surface area contributed by atoms with E-state index in [0.717, 1.165) is 11.1 Å². The van der Waals surface area contributed by atoms with Gasteiger partial charge in [-0.2, -0.15) is 4.31 Å². The molecule has 0 aromatic heterocycles. The summed E-state index contributed by atoms with van der Waals surface area (Å²) in [4.78, 5) is 11.7. The number of sulfonamides is 1. The number of rotatable bonds is 8. The van der Waals surface area contributed by atoms with Gasteiger partial charge >= 0.3 is 0 Å². The van der Waals surface area contributed by atoms with E-state index in [1.54, 1.807) is 0 Å². The minimum absolute atomic E-state index is 0.105. The first-order valence-corrected chi connectivity index (χ1v) is 10.3. The third-order valence-corrected chi connectivity index (χ3v) is 6.17. The molecule has 6 heteroatoms. The fourth-order valence-electron chi connectivity index (χ4n) is 2.85. The number of ketones is 1. The van der Waals surface area contributed by atoms with Crippen molar-refractivity contribution in [2.24, 2.45) is 0 Å². The summed E-state index contributed by atoms with van der Waals surface area (Å²) in [6, 6.07) is 24.5. The van der Waals surface area contributed by atoms with Gasteiger partial charge in [0.05, 0.1) is 4.90 Å². The Balaban J connectivity index is 1.94. The highest BCUT2D eigenvalue weighted by Crippen LogP contribution is 2.22. The Kier molecular flexibility index (Phi) is 6.36. The predicted octanol–water partition coefficient (Wildman–Crippen LogP) is 3.25. The van der Waals surface area contributed by atoms with Crippen molar-refractivity contribution in [1.29, 1.82) is 0 Å². The van der Waals surface area contributed by atoms with Gasteiger partial charge in [-0.1, -0.05) is 60.7 Å². The van der Waals surface area contributed by atoms with Gasteiger partial charge < -0.3 is 5.11 Å². The largest absolute Gasteiger partial charge is 0.388 e. The molecule has 3 aromatic carbocycles. The predicted molar refractivity (Wildman–Crippen MR) is 107 cm³/mol. The average molecular weight is 395 g/mol. The molecular weight excluding hydrogens is 374 g/mol. The molecule has 0 aliphatic rings. The van der Waals surface area contributed by atoms with Crippen molar-refractivity contribution in [1.82, 2.24) is 4.31 Å². The lowest BCUT2D eigenvalue weighted by atomic mass is 10.1. The Labute approximate surface area is 164 Å². The van der Waals surface area contributed by atoms with Crippen molar-refractivity contribution >= 4 is 15.8 Å². The summed E-state index contributed by atoms with van der Waals surface area (Å²) >= 11 is 0. The number of carbonyl (C=O) groups is 1. The molecule has 0 aliphatic carbocycles. The quantitative estimate of drug-likeness (QED) is 0.594. The molecule has 3 rings (SSSR count). The van der Waals surface area contributed by atoms with Crippen molar-refractivity contribution in [3.63, 3.8) is 0 Å². The van der Waals surface area contributed by atoms with Crippen LogP contribution in [0.4, 0.5) is 0 Å². The summed E-state index contributed by atoms with van der Waals surface area (Å²) in [5.41, 5.74) is 2.04. The number of hydrogen-bond acceptors (Lipinski definition) is 4. The van der Waals surface area contributed by atoms with Crippen LogP contribution in [0.2, 0.25) is 0 Å². The SMILES string of the molecule is O=C(CO)c1ccc(S(=O)(=O)N(Cc2ccccc2)Cc2ccccc2)cc1. The summed E-state index contributed by atoms with van der Waals surface area (Å²) < 4.78 is 28.0. The molecule has 28 heavy (non-hydrogen) atoms. The van der Waals surface area contributed by atoms with Gasteiger partial charge in [0.2, 0.25) is 10.0 Å². The second-order valence-electron chi connectivity index (χ2n) is 6.35. The van der Waals surface area contributed by atoms with Gasteiger partial charge in [-0.15, -0.1) is 0 Å². The molecule has 0 amide bonds. The third kappa shape index (κ3) is 4.72. The molecule has 144 valence electrons. The van der Waals surface area contributed by atoms with Gasteiger partial charge in [0.15, 0.2) is 5.78 Å². The van der Waals surface area contributed by atoms with E-state index >= 15 is 0 Å². The van der Waals surface area contributed by atoms with E-state index in [0.29, 0.717) is 0 Å². The van der Waals surface area contributed by atoms with Crippen LogP contribution in [-0.4, -0.2) is 30.2 Å². The van der Waals surface area contributed by atoms with Gasteiger partial charge in [0, 0.05) is 18.7 Å². The summed E-state index contributed by atoms with van der Waals surface area (Å²) in [6.07, 6.45) is 0. The number of hydrogen-bond donors (Lipinski definition) is 1. The van der Waals surface area contributed by atoms with Crippen LogP contribution in [0.5, 0.6) is 0 Å². The Morgan fingerprint density at radius 2 is 1.21 bits per heavy atom. The monoisotopic (exact) mass is 395 g/mol. The van der Waals surface area contributed by atoms with Crippen LogP contribution in [0.3, 0.4) is 0 Å². The molecule has 0 bridgehead atoms. The lowest BCUT2D eigenvalue weighted by Crippen LogP contribution is -2.30. The minimum atomic E-state index is -3.79. The van der Waals surface area contributed by atoms with Crippen LogP contribution in [0, 0.1) is 0 Å². The maximum Gasteiger partial charge on any atom is 0.243 e. The molecule has 0 saturated carbocycles. The molecule has 1 N–H and O–H groups in total. The Morgan fingerprint density at radius 1 is 0.750 bits per heavy atom. The maximum atomic E-state index is 13.3. The molecule has 0 aliphatic heterocycles. The first kappa shape index (κ1) is 19.9. The molecule has 0 atom stereocenters. The number of aliphatic hydroxyl groups excluding tert-OH is 1. The van der Waals surface area contributed by atoms with E-state index in [4.69, 9.17) is 5.11 Å². The van der Waals surface area contributed by atoms with Crippen molar-refractivity contribution in [3.05, 3.63) is 102 Å². The van der Waals surface area contributed by atoms with Crippen molar-refractivity contribution < 1.29 is 18.3 Å². The normalized spacial score (nSPS) is 11.5. The van der Waals surface area contributed by atoms with E-state index in [1.807, 2.05) is 60.7 Å². The summed E-state index contributed by atoms with van der Waals surface area (Å²) in [5.74, 6) is -0.450. The van der Waals surface area contributed by atoms with E-state index in [1.165, 1.54) is 28.6 Å². The number of Topliss-reactive ketones (excluding diaryl/α,β-unsaturated/α-hetero) is 1. The second kappa shape index (κ2) is 8.93. The summed E-state index contributed by atoms with van der Waals surface area (Å²) in [6.45, 7) is -0.148. The van der Waals surface area contributed by atoms with Crippen molar-refractivity contribution in [2.45, 2.75) is 18.0 Å². The zero-order valence-corrected chi connectivity index (χ0v) is 16.0. The second-order valence-corrected chi connectivity index (χ2v) is 8.29. The third-order valence-electron chi connectivity index (χ3n) is 4.36. The first-order valence-electron chi connectivity index (χ1n) is 8.83. The molecule has 5 nitrogen and oxygen atoms in total. The maximum absolute atomic E-state index is 13.3. The number of carbonyl (C=O) groups excluding carboxylic acids is 1. The van der Waals surface area contributed by atoms with Crippen LogP contribution in [0.1, 0.15) is 21.5 Å². The number of aliphatic hydroxyl groups is 1. The highest BCUT2D eigenvalue weighted by Gasteiger charge is 2.25. The van der Waals surface area contributed by atoms with Crippen LogP contribution in [0.25, 0.3) is 0 Å². The van der Waals surface area contributed by atoms with Crippen LogP contribution in [-0.2, 0) is 23.1 Å². The van der Waals surface area contributed by atoms with Crippen LogP contribution < -0.4 is 0 Å². The van der Waals surface area contributed by atoms with Gasteiger partial charge in [0.25, 0.3) is 0 Å². The smallest absolute Gasteiger partial charge is 0.243 e.